The molecular formula is C8H9FO3S. The highest BCUT2D eigenvalue weighted by atomic mass is 32.3. The molecule has 0 spiro atoms. The van der Waals surface area contributed by atoms with Crippen LogP contribution >= 0.6 is 0 Å². The van der Waals surface area contributed by atoms with Crippen LogP contribution in [0.2, 0.25) is 0 Å². The van der Waals surface area contributed by atoms with Crippen molar-refractivity contribution < 1.29 is 16.5 Å². The topological polar surface area (TPSA) is 43.4 Å². The van der Waals surface area contributed by atoms with E-state index in [9.17, 15) is 12.3 Å². The maximum Gasteiger partial charge on any atom is 0.488 e. The molecule has 0 aliphatic heterocycles. The molecule has 0 saturated carbocycles. The molecule has 72 valence electrons. The zero-order valence-corrected chi connectivity index (χ0v) is 7.84. The lowest BCUT2D eigenvalue weighted by atomic mass is 10.1. The summed E-state index contributed by atoms with van der Waals surface area (Å²) in [5.41, 5.74) is 0.656. The number of hydrogen-bond donors (Lipinski definition) is 0. The highest BCUT2D eigenvalue weighted by Crippen LogP contribution is 2.20. The van der Waals surface area contributed by atoms with Crippen molar-refractivity contribution in [1.82, 2.24) is 0 Å². The fourth-order valence-corrected chi connectivity index (χ4v) is 1.36. The summed E-state index contributed by atoms with van der Waals surface area (Å²) in [5.74, 6) is 0.0486. The summed E-state index contributed by atoms with van der Waals surface area (Å²) in [4.78, 5) is 0. The fraction of sp³-hybridized carbons (Fsp3) is 0.250. The van der Waals surface area contributed by atoms with E-state index in [1.54, 1.807) is 18.2 Å². The van der Waals surface area contributed by atoms with Gasteiger partial charge in [-0.15, -0.1) is 0 Å². The molecule has 1 aromatic rings. The van der Waals surface area contributed by atoms with Gasteiger partial charge in [0.15, 0.2) is 0 Å². The van der Waals surface area contributed by atoms with Crippen LogP contribution in [0.25, 0.3) is 0 Å². The largest absolute Gasteiger partial charge is 0.488 e. The minimum absolute atomic E-state index is 0.0486. The summed E-state index contributed by atoms with van der Waals surface area (Å²) in [6, 6.07) is 6.41. The van der Waals surface area contributed by atoms with Gasteiger partial charge in [0.25, 0.3) is 0 Å². The molecule has 0 N–H and O–H groups in total. The average Bonchev–Trinajstić information content (AvgIpc) is 2.02. The quantitative estimate of drug-likeness (QED) is 0.705. The maximum atomic E-state index is 12.1. The second-order valence-corrected chi connectivity index (χ2v) is 3.39. The first-order valence-corrected chi connectivity index (χ1v) is 5.06. The Morgan fingerprint density at radius 2 is 2.00 bits per heavy atom. The lowest BCUT2D eigenvalue weighted by Gasteiger charge is -2.04. The molecule has 0 amide bonds. The van der Waals surface area contributed by atoms with Gasteiger partial charge < -0.3 is 4.18 Å². The van der Waals surface area contributed by atoms with Gasteiger partial charge in [-0.25, -0.2) is 0 Å². The summed E-state index contributed by atoms with van der Waals surface area (Å²) in [5, 5.41) is 0. The third-order valence-electron chi connectivity index (χ3n) is 1.54. The first-order valence-electron chi connectivity index (χ1n) is 3.75. The molecule has 0 aliphatic rings. The molecule has 0 atom stereocenters. The third-order valence-corrected chi connectivity index (χ3v) is 1.92. The molecule has 1 rings (SSSR count). The van der Waals surface area contributed by atoms with Crippen molar-refractivity contribution in [2.45, 2.75) is 13.3 Å². The highest BCUT2D eigenvalue weighted by Gasteiger charge is 2.11. The van der Waals surface area contributed by atoms with Crippen LogP contribution in [-0.2, 0) is 16.9 Å². The van der Waals surface area contributed by atoms with Crippen molar-refractivity contribution in [2.75, 3.05) is 0 Å². The van der Waals surface area contributed by atoms with Crippen LogP contribution in [0.5, 0.6) is 5.75 Å². The molecule has 0 unspecified atom stereocenters. The smallest absolute Gasteiger partial charge is 0.358 e. The zero-order chi connectivity index (χ0) is 9.90. The van der Waals surface area contributed by atoms with E-state index in [-0.39, 0.29) is 5.75 Å². The SMILES string of the molecule is CCc1ccccc1OS(=O)(=O)F. The van der Waals surface area contributed by atoms with Gasteiger partial charge in [-0.3, -0.25) is 0 Å². The van der Waals surface area contributed by atoms with Crippen molar-refractivity contribution in [1.29, 1.82) is 0 Å². The van der Waals surface area contributed by atoms with Gasteiger partial charge in [-0.1, -0.05) is 29.0 Å². The summed E-state index contributed by atoms with van der Waals surface area (Å²) in [6.45, 7) is 1.83. The van der Waals surface area contributed by atoms with Gasteiger partial charge in [-0.2, -0.15) is 8.42 Å². The Balaban J connectivity index is 3.01. The molecule has 0 fully saturated rings. The number of aryl methyl sites for hydroxylation is 1. The Morgan fingerprint density at radius 3 is 2.54 bits per heavy atom. The van der Waals surface area contributed by atoms with Gasteiger partial charge in [0.2, 0.25) is 0 Å². The molecule has 0 aliphatic carbocycles. The first kappa shape index (κ1) is 9.98. The van der Waals surface area contributed by atoms with E-state index in [1.807, 2.05) is 6.92 Å². The van der Waals surface area contributed by atoms with Crippen molar-refractivity contribution >= 4 is 10.5 Å². The Morgan fingerprint density at radius 1 is 1.38 bits per heavy atom. The summed E-state index contributed by atoms with van der Waals surface area (Å²) < 4.78 is 36.6. The maximum absolute atomic E-state index is 12.1. The number of rotatable bonds is 3. The van der Waals surface area contributed by atoms with Gasteiger partial charge >= 0.3 is 10.5 Å². The first-order chi connectivity index (χ1) is 6.03. The van der Waals surface area contributed by atoms with Crippen LogP contribution in [0.1, 0.15) is 12.5 Å². The van der Waals surface area contributed by atoms with Gasteiger partial charge in [-0.05, 0) is 18.1 Å². The van der Waals surface area contributed by atoms with E-state index in [4.69, 9.17) is 0 Å². The van der Waals surface area contributed by atoms with E-state index < -0.39 is 10.5 Å². The molecule has 0 heterocycles. The lowest BCUT2D eigenvalue weighted by Crippen LogP contribution is -2.03. The minimum atomic E-state index is -4.91. The predicted octanol–water partition coefficient (Wildman–Crippen LogP) is 1.84. The van der Waals surface area contributed by atoms with Crippen molar-refractivity contribution in [3.63, 3.8) is 0 Å². The molecule has 3 nitrogen and oxygen atoms in total. The van der Waals surface area contributed by atoms with Gasteiger partial charge in [0.1, 0.15) is 5.75 Å². The Bertz CT molecular complexity index is 386. The van der Waals surface area contributed by atoms with Gasteiger partial charge in [0, 0.05) is 0 Å². The Kier molecular flexibility index (Phi) is 2.87. The summed E-state index contributed by atoms with van der Waals surface area (Å²) in [7, 11) is -4.91. The fourth-order valence-electron chi connectivity index (χ4n) is 0.984. The summed E-state index contributed by atoms with van der Waals surface area (Å²) >= 11 is 0. The minimum Gasteiger partial charge on any atom is -0.358 e. The number of benzene rings is 1. The van der Waals surface area contributed by atoms with Gasteiger partial charge in [0.05, 0.1) is 0 Å². The van der Waals surface area contributed by atoms with Crippen LogP contribution in [0.4, 0.5) is 3.89 Å². The lowest BCUT2D eigenvalue weighted by molar-refractivity contribution is 0.438. The van der Waals surface area contributed by atoms with Crippen LogP contribution in [-0.4, -0.2) is 8.42 Å². The standard InChI is InChI=1S/C8H9FO3S/c1-2-7-5-3-4-6-8(7)12-13(9,10)11/h3-6H,2H2,1H3. The Labute approximate surface area is 76.6 Å². The average molecular weight is 204 g/mol. The molecule has 0 radical (unpaired) electrons. The summed E-state index contributed by atoms with van der Waals surface area (Å²) in [6.07, 6.45) is 0.589. The van der Waals surface area contributed by atoms with Crippen LogP contribution in [0.15, 0.2) is 24.3 Å². The van der Waals surface area contributed by atoms with E-state index in [1.165, 1.54) is 6.07 Å². The predicted molar refractivity (Wildman–Crippen MR) is 46.5 cm³/mol. The second kappa shape index (κ2) is 3.74. The van der Waals surface area contributed by atoms with Crippen molar-refractivity contribution in [2.24, 2.45) is 0 Å². The normalized spacial score (nSPS) is 11.2. The van der Waals surface area contributed by atoms with Crippen molar-refractivity contribution in [3.8, 4) is 5.75 Å². The molecule has 1 aromatic carbocycles. The van der Waals surface area contributed by atoms with E-state index in [0.717, 1.165) is 0 Å². The molecule has 0 saturated heterocycles. The van der Waals surface area contributed by atoms with E-state index in [0.29, 0.717) is 12.0 Å². The van der Waals surface area contributed by atoms with Crippen LogP contribution < -0.4 is 4.18 Å². The molecule has 5 heteroatoms. The van der Waals surface area contributed by atoms with Crippen LogP contribution in [0, 0.1) is 0 Å². The number of hydrogen-bond acceptors (Lipinski definition) is 3. The molecular weight excluding hydrogens is 195 g/mol. The zero-order valence-electron chi connectivity index (χ0n) is 7.03. The number of para-hydroxylation sites is 1. The number of halogens is 1. The monoisotopic (exact) mass is 204 g/mol. The van der Waals surface area contributed by atoms with Crippen LogP contribution in [0.3, 0.4) is 0 Å². The van der Waals surface area contributed by atoms with E-state index in [2.05, 4.69) is 4.18 Å². The molecule has 13 heavy (non-hydrogen) atoms. The Hall–Kier alpha value is -1.10. The van der Waals surface area contributed by atoms with Crippen molar-refractivity contribution in [3.05, 3.63) is 29.8 Å². The second-order valence-electron chi connectivity index (χ2n) is 2.44. The highest BCUT2D eigenvalue weighted by molar-refractivity contribution is 7.81. The molecule has 0 aromatic heterocycles. The molecule has 0 bridgehead atoms. The third kappa shape index (κ3) is 3.02. The van der Waals surface area contributed by atoms with E-state index >= 15 is 0 Å².